The Morgan fingerprint density at radius 2 is 1.80 bits per heavy atom. The maximum Gasteiger partial charge on any atom is 0.255 e. The minimum Gasteiger partial charge on any atom is -0.387 e. The van der Waals surface area contributed by atoms with Gasteiger partial charge in [0.25, 0.3) is 5.91 Å². The number of halogens is 2. The third-order valence-corrected chi connectivity index (χ3v) is 3.87. The van der Waals surface area contributed by atoms with E-state index in [0.29, 0.717) is 36.2 Å². The predicted octanol–water partition coefficient (Wildman–Crippen LogP) is 0.865. The van der Waals surface area contributed by atoms with Gasteiger partial charge >= 0.3 is 0 Å². The molecule has 1 aliphatic rings. The maximum absolute atomic E-state index is 13.0. The smallest absolute Gasteiger partial charge is 0.255 e. The molecule has 0 unspecified atom stereocenters. The van der Waals surface area contributed by atoms with Crippen LogP contribution >= 0.6 is 15.9 Å². The molecule has 1 aliphatic heterocycles. The molecule has 0 spiro atoms. The molecular weight excluding hydrogens is 331 g/mol. The summed E-state index contributed by atoms with van der Waals surface area (Å²) in [5, 5.41) is 8.79. The Balaban J connectivity index is 2.03. The predicted molar refractivity (Wildman–Crippen MR) is 73.7 cm³/mol. The summed E-state index contributed by atoms with van der Waals surface area (Å²) >= 11 is 3.18. The molecular formula is C13H14BrFN2O3. The second-order valence-electron chi connectivity index (χ2n) is 4.46. The molecule has 0 radical (unpaired) electrons. The van der Waals surface area contributed by atoms with Crippen molar-refractivity contribution in [2.45, 2.75) is 0 Å². The Morgan fingerprint density at radius 3 is 2.35 bits per heavy atom. The van der Waals surface area contributed by atoms with Crippen LogP contribution in [0.25, 0.3) is 0 Å². The zero-order valence-electron chi connectivity index (χ0n) is 10.7. The summed E-state index contributed by atoms with van der Waals surface area (Å²) in [6, 6.07) is 3.93. The minimum atomic E-state index is -0.516. The number of hydrogen-bond donors (Lipinski definition) is 1. The van der Waals surface area contributed by atoms with Gasteiger partial charge in [-0.15, -0.1) is 0 Å². The first-order chi connectivity index (χ1) is 9.52. The van der Waals surface area contributed by atoms with E-state index in [0.717, 1.165) is 0 Å². The average Bonchev–Trinajstić information content (AvgIpc) is 2.46. The van der Waals surface area contributed by atoms with E-state index in [1.54, 1.807) is 4.90 Å². The number of rotatable bonds is 2. The van der Waals surface area contributed by atoms with Gasteiger partial charge in [0, 0.05) is 30.7 Å². The third kappa shape index (κ3) is 3.16. The van der Waals surface area contributed by atoms with Crippen molar-refractivity contribution >= 4 is 27.7 Å². The van der Waals surface area contributed by atoms with Crippen LogP contribution in [0.2, 0.25) is 0 Å². The normalized spacial score (nSPS) is 15.3. The number of amides is 2. The lowest BCUT2D eigenvalue weighted by atomic mass is 10.1. The summed E-state index contributed by atoms with van der Waals surface area (Å²) in [5.41, 5.74) is 0.397. The molecule has 1 heterocycles. The van der Waals surface area contributed by atoms with Gasteiger partial charge in [-0.05, 0) is 34.1 Å². The van der Waals surface area contributed by atoms with Crippen molar-refractivity contribution in [3.63, 3.8) is 0 Å². The quantitative estimate of drug-likeness (QED) is 0.865. The second kappa shape index (κ2) is 6.32. The molecule has 0 saturated carbocycles. The molecule has 20 heavy (non-hydrogen) atoms. The number of carbonyl (C=O) groups is 2. The van der Waals surface area contributed by atoms with Crippen LogP contribution in [0.15, 0.2) is 22.7 Å². The molecule has 1 saturated heterocycles. The van der Waals surface area contributed by atoms with E-state index < -0.39 is 12.4 Å². The Kier molecular flexibility index (Phi) is 4.72. The highest BCUT2D eigenvalue weighted by Crippen LogP contribution is 2.20. The van der Waals surface area contributed by atoms with Gasteiger partial charge in [0.05, 0.1) is 5.56 Å². The lowest BCUT2D eigenvalue weighted by Crippen LogP contribution is -2.51. The zero-order chi connectivity index (χ0) is 14.7. The highest BCUT2D eigenvalue weighted by molar-refractivity contribution is 9.10. The first kappa shape index (κ1) is 14.9. The van der Waals surface area contributed by atoms with Crippen LogP contribution in [0.3, 0.4) is 0 Å². The number of aliphatic hydroxyl groups is 1. The Labute approximate surface area is 124 Å². The molecule has 108 valence electrons. The van der Waals surface area contributed by atoms with E-state index in [1.165, 1.54) is 23.1 Å². The number of hydrogen-bond acceptors (Lipinski definition) is 3. The lowest BCUT2D eigenvalue weighted by molar-refractivity contribution is -0.135. The molecule has 1 aromatic carbocycles. The van der Waals surface area contributed by atoms with Crippen LogP contribution in [0.4, 0.5) is 4.39 Å². The maximum atomic E-state index is 13.0. The molecule has 2 rings (SSSR count). The second-order valence-corrected chi connectivity index (χ2v) is 5.31. The summed E-state index contributed by atoms with van der Waals surface area (Å²) < 4.78 is 13.4. The lowest BCUT2D eigenvalue weighted by Gasteiger charge is -2.34. The fourth-order valence-corrected chi connectivity index (χ4v) is 2.61. The van der Waals surface area contributed by atoms with Gasteiger partial charge in [0.1, 0.15) is 12.4 Å². The number of nitrogens with zero attached hydrogens (tertiary/aromatic N) is 2. The van der Waals surface area contributed by atoms with Gasteiger partial charge in [0.2, 0.25) is 5.91 Å². The van der Waals surface area contributed by atoms with Crippen LogP contribution in [0.1, 0.15) is 10.4 Å². The summed E-state index contributed by atoms with van der Waals surface area (Å²) in [5.74, 6) is -0.945. The van der Waals surface area contributed by atoms with Crippen LogP contribution in [-0.4, -0.2) is 59.5 Å². The topological polar surface area (TPSA) is 60.9 Å². The minimum absolute atomic E-state index is 0.201. The van der Waals surface area contributed by atoms with E-state index in [4.69, 9.17) is 5.11 Å². The summed E-state index contributed by atoms with van der Waals surface area (Å²) in [4.78, 5) is 26.8. The fraction of sp³-hybridized carbons (Fsp3) is 0.385. The van der Waals surface area contributed by atoms with Crippen LogP contribution < -0.4 is 0 Å². The first-order valence-corrected chi connectivity index (χ1v) is 6.95. The number of piperazine rings is 1. The van der Waals surface area contributed by atoms with Gasteiger partial charge in [-0.25, -0.2) is 4.39 Å². The molecule has 2 amide bonds. The van der Waals surface area contributed by atoms with Crippen molar-refractivity contribution in [1.82, 2.24) is 9.80 Å². The molecule has 0 bridgehead atoms. The fourth-order valence-electron chi connectivity index (χ4n) is 2.09. The highest BCUT2D eigenvalue weighted by atomic mass is 79.9. The molecule has 1 N–H and O–H groups in total. The molecule has 7 heteroatoms. The highest BCUT2D eigenvalue weighted by Gasteiger charge is 2.25. The van der Waals surface area contributed by atoms with Crippen molar-refractivity contribution in [2.75, 3.05) is 32.8 Å². The molecule has 1 fully saturated rings. The van der Waals surface area contributed by atoms with Crippen LogP contribution in [-0.2, 0) is 4.79 Å². The third-order valence-electron chi connectivity index (χ3n) is 3.22. The van der Waals surface area contributed by atoms with Gasteiger partial charge in [-0.3, -0.25) is 9.59 Å². The van der Waals surface area contributed by atoms with Gasteiger partial charge in [0.15, 0.2) is 0 Å². The van der Waals surface area contributed by atoms with Gasteiger partial charge < -0.3 is 14.9 Å². The van der Waals surface area contributed by atoms with Crippen LogP contribution in [0, 0.1) is 5.82 Å². The SMILES string of the molecule is O=C(CO)N1CCN(C(=O)c2ccc(F)cc2Br)CC1. The van der Waals surface area contributed by atoms with Crippen molar-refractivity contribution in [2.24, 2.45) is 0 Å². The Morgan fingerprint density at radius 1 is 1.20 bits per heavy atom. The standard InChI is InChI=1S/C13H14BrFN2O3/c14-11-7-9(15)1-2-10(11)13(20)17-5-3-16(4-6-17)12(19)8-18/h1-2,7,18H,3-6,8H2. The van der Waals surface area contributed by atoms with Crippen molar-refractivity contribution in [3.05, 3.63) is 34.1 Å². The number of carbonyl (C=O) groups excluding carboxylic acids is 2. The monoisotopic (exact) mass is 344 g/mol. The molecule has 0 atom stereocenters. The van der Waals surface area contributed by atoms with Crippen LogP contribution in [0.5, 0.6) is 0 Å². The van der Waals surface area contributed by atoms with E-state index in [1.807, 2.05) is 0 Å². The molecule has 1 aromatic rings. The summed E-state index contributed by atoms with van der Waals surface area (Å²) in [6.07, 6.45) is 0. The van der Waals surface area contributed by atoms with E-state index in [2.05, 4.69) is 15.9 Å². The van der Waals surface area contributed by atoms with Gasteiger partial charge in [-0.1, -0.05) is 0 Å². The number of aliphatic hydroxyl groups excluding tert-OH is 1. The Bertz CT molecular complexity index is 530. The van der Waals surface area contributed by atoms with E-state index in [9.17, 15) is 14.0 Å². The first-order valence-electron chi connectivity index (χ1n) is 6.16. The van der Waals surface area contributed by atoms with Crippen molar-refractivity contribution in [3.8, 4) is 0 Å². The number of benzene rings is 1. The molecule has 0 aliphatic carbocycles. The zero-order valence-corrected chi connectivity index (χ0v) is 12.3. The summed E-state index contributed by atoms with van der Waals surface area (Å²) in [7, 11) is 0. The van der Waals surface area contributed by atoms with Gasteiger partial charge in [-0.2, -0.15) is 0 Å². The molecule has 5 nitrogen and oxygen atoms in total. The average molecular weight is 345 g/mol. The Hall–Kier alpha value is -1.47. The molecule has 0 aromatic heterocycles. The van der Waals surface area contributed by atoms with E-state index in [-0.39, 0.29) is 11.8 Å². The van der Waals surface area contributed by atoms with Crippen molar-refractivity contribution < 1.29 is 19.1 Å². The van der Waals surface area contributed by atoms with Crippen molar-refractivity contribution in [1.29, 1.82) is 0 Å². The van der Waals surface area contributed by atoms with E-state index >= 15 is 0 Å². The summed E-state index contributed by atoms with van der Waals surface area (Å²) in [6.45, 7) is 1.06. The largest absolute Gasteiger partial charge is 0.387 e.